The van der Waals surface area contributed by atoms with Gasteiger partial charge in [0, 0.05) is 23.6 Å². The van der Waals surface area contributed by atoms with Gasteiger partial charge < -0.3 is 5.11 Å². The van der Waals surface area contributed by atoms with Crippen molar-refractivity contribution < 1.29 is 19.7 Å². The van der Waals surface area contributed by atoms with Crippen LogP contribution in [0.1, 0.15) is 24.8 Å². The first kappa shape index (κ1) is 15.3. The van der Waals surface area contributed by atoms with Crippen LogP contribution in [0.5, 0.6) is 0 Å². The van der Waals surface area contributed by atoms with Gasteiger partial charge in [0.05, 0.1) is 15.9 Å². The van der Waals surface area contributed by atoms with Crippen LogP contribution in [-0.4, -0.2) is 20.9 Å². The summed E-state index contributed by atoms with van der Waals surface area (Å²) in [6.45, 7) is 5.08. The van der Waals surface area contributed by atoms with Gasteiger partial charge in [-0.05, 0) is 12.0 Å². The molecule has 0 saturated heterocycles. The lowest BCUT2D eigenvalue weighted by molar-refractivity contribution is -0.394. The zero-order valence-corrected chi connectivity index (χ0v) is 10.6. The Labute approximate surface area is 113 Å². The maximum atomic E-state index is 10.9. The molecule has 20 heavy (non-hydrogen) atoms. The van der Waals surface area contributed by atoms with Crippen LogP contribution in [0.15, 0.2) is 30.4 Å². The monoisotopic (exact) mass is 280 g/mol. The summed E-state index contributed by atoms with van der Waals surface area (Å²) in [4.78, 5) is 31.0. The average Bonchev–Trinajstić information content (AvgIpc) is 2.38. The minimum Gasteiger partial charge on any atom is -0.478 e. The Morgan fingerprint density at radius 2 is 1.70 bits per heavy atom. The number of carboxylic acids is 1. The van der Waals surface area contributed by atoms with Crippen molar-refractivity contribution in [2.75, 3.05) is 0 Å². The molecule has 1 N–H and O–H groups in total. The summed E-state index contributed by atoms with van der Waals surface area (Å²) in [5.41, 5.74) is -0.875. The summed E-state index contributed by atoms with van der Waals surface area (Å²) in [6.07, 6.45) is 0.309. The summed E-state index contributed by atoms with van der Waals surface area (Å²) in [5, 5.41) is 30.5. The minimum absolute atomic E-state index is 0.165. The molecule has 0 heterocycles. The molecule has 1 aromatic rings. The fourth-order valence-corrected chi connectivity index (χ4v) is 1.86. The highest BCUT2D eigenvalue weighted by Crippen LogP contribution is 2.32. The number of nitrogens with zero attached hydrogens (tertiary/aromatic N) is 2. The van der Waals surface area contributed by atoms with E-state index in [0.717, 1.165) is 18.2 Å². The number of aliphatic carboxylic acids is 1. The Balaban J connectivity index is 3.41. The van der Waals surface area contributed by atoms with Gasteiger partial charge in [-0.3, -0.25) is 20.2 Å². The second-order valence-electron chi connectivity index (χ2n) is 4.09. The van der Waals surface area contributed by atoms with Gasteiger partial charge in [0.25, 0.3) is 11.4 Å². The fourth-order valence-electron chi connectivity index (χ4n) is 1.86. The van der Waals surface area contributed by atoms with Crippen molar-refractivity contribution in [3.63, 3.8) is 0 Å². The van der Waals surface area contributed by atoms with Crippen molar-refractivity contribution in [3.05, 3.63) is 56.1 Å². The van der Waals surface area contributed by atoms with Gasteiger partial charge in [-0.2, -0.15) is 0 Å². The first-order valence-electron chi connectivity index (χ1n) is 5.63. The highest BCUT2D eigenvalue weighted by atomic mass is 16.6. The topological polar surface area (TPSA) is 124 Å². The smallest absolute Gasteiger partial charge is 0.331 e. The van der Waals surface area contributed by atoms with Crippen molar-refractivity contribution in [3.8, 4) is 0 Å². The molecule has 0 aliphatic heterocycles. The van der Waals surface area contributed by atoms with Gasteiger partial charge in [-0.1, -0.05) is 13.5 Å². The van der Waals surface area contributed by atoms with Crippen molar-refractivity contribution >= 4 is 17.3 Å². The van der Waals surface area contributed by atoms with Crippen LogP contribution in [0.2, 0.25) is 0 Å². The second-order valence-corrected chi connectivity index (χ2v) is 4.09. The number of hydrogen-bond acceptors (Lipinski definition) is 5. The number of carbonyl (C=O) groups is 1. The molecule has 0 aliphatic rings. The fraction of sp³-hybridized carbons (Fsp3) is 0.250. The average molecular weight is 280 g/mol. The zero-order chi connectivity index (χ0) is 15.4. The maximum Gasteiger partial charge on any atom is 0.331 e. The van der Waals surface area contributed by atoms with E-state index >= 15 is 0 Å². The maximum absolute atomic E-state index is 10.9. The van der Waals surface area contributed by atoms with E-state index in [0.29, 0.717) is 6.42 Å². The molecule has 106 valence electrons. The number of carboxylic acid groups (broad SMARTS) is 1. The number of nitro groups is 2. The lowest BCUT2D eigenvalue weighted by Gasteiger charge is -2.14. The van der Waals surface area contributed by atoms with Gasteiger partial charge >= 0.3 is 5.97 Å². The van der Waals surface area contributed by atoms with Gasteiger partial charge in [-0.25, -0.2) is 4.79 Å². The third-order valence-electron chi connectivity index (χ3n) is 2.85. The molecule has 8 heteroatoms. The molecule has 0 amide bonds. The first-order chi connectivity index (χ1) is 9.27. The summed E-state index contributed by atoms with van der Waals surface area (Å²) >= 11 is 0. The standard InChI is InChI=1S/C12H12N2O6/c1-3-11(7(2)12(15)16)8-4-9(13(17)18)6-10(5-8)14(19)20/h4-6,11H,2-3H2,1H3,(H,15,16). The molecule has 1 rings (SSSR count). The van der Waals surface area contributed by atoms with E-state index in [1.165, 1.54) is 0 Å². The number of rotatable bonds is 6. The molecule has 0 radical (unpaired) electrons. The second kappa shape index (κ2) is 5.91. The Morgan fingerprint density at radius 3 is 2.00 bits per heavy atom. The normalized spacial score (nSPS) is 11.7. The molecule has 0 saturated carbocycles. The Kier molecular flexibility index (Phi) is 4.52. The lowest BCUT2D eigenvalue weighted by Crippen LogP contribution is -2.10. The molecule has 8 nitrogen and oxygen atoms in total. The van der Waals surface area contributed by atoms with E-state index in [2.05, 4.69) is 6.58 Å². The van der Waals surface area contributed by atoms with Crippen molar-refractivity contribution in [2.24, 2.45) is 0 Å². The summed E-state index contributed by atoms with van der Waals surface area (Å²) < 4.78 is 0. The molecule has 1 unspecified atom stereocenters. The Morgan fingerprint density at radius 1 is 1.25 bits per heavy atom. The van der Waals surface area contributed by atoms with E-state index in [-0.39, 0.29) is 11.1 Å². The third-order valence-corrected chi connectivity index (χ3v) is 2.85. The van der Waals surface area contributed by atoms with Gasteiger partial charge in [0.1, 0.15) is 0 Å². The number of non-ortho nitro benzene ring substituents is 2. The zero-order valence-electron chi connectivity index (χ0n) is 10.6. The molecule has 1 atom stereocenters. The van der Waals surface area contributed by atoms with E-state index in [4.69, 9.17) is 5.11 Å². The first-order valence-corrected chi connectivity index (χ1v) is 5.63. The van der Waals surface area contributed by atoms with Crippen molar-refractivity contribution in [1.82, 2.24) is 0 Å². The predicted molar refractivity (Wildman–Crippen MR) is 69.6 cm³/mol. The van der Waals surface area contributed by atoms with Gasteiger partial charge in [0.15, 0.2) is 0 Å². The Hall–Kier alpha value is -2.77. The van der Waals surface area contributed by atoms with Crippen LogP contribution in [0.3, 0.4) is 0 Å². The summed E-state index contributed by atoms with van der Waals surface area (Å²) in [5.74, 6) is -1.96. The summed E-state index contributed by atoms with van der Waals surface area (Å²) in [6, 6.07) is 3.10. The Bertz CT molecular complexity index is 563. The SMILES string of the molecule is C=C(C(=O)O)C(CC)c1cc([N+](=O)[O-])cc([N+](=O)[O-])c1. The van der Waals surface area contributed by atoms with E-state index in [9.17, 15) is 25.0 Å². The number of benzene rings is 1. The van der Waals surface area contributed by atoms with Crippen LogP contribution in [0.25, 0.3) is 0 Å². The highest BCUT2D eigenvalue weighted by molar-refractivity contribution is 5.87. The molecule has 0 bridgehead atoms. The van der Waals surface area contributed by atoms with E-state index in [1.54, 1.807) is 6.92 Å². The highest BCUT2D eigenvalue weighted by Gasteiger charge is 2.24. The van der Waals surface area contributed by atoms with Crippen LogP contribution < -0.4 is 0 Å². The van der Waals surface area contributed by atoms with Crippen molar-refractivity contribution in [2.45, 2.75) is 19.3 Å². The molecule has 0 spiro atoms. The molecule has 0 aliphatic carbocycles. The molecule has 1 aromatic carbocycles. The van der Waals surface area contributed by atoms with Gasteiger partial charge in [-0.15, -0.1) is 0 Å². The molecule has 0 aromatic heterocycles. The van der Waals surface area contributed by atoms with Crippen LogP contribution in [0.4, 0.5) is 11.4 Å². The van der Waals surface area contributed by atoms with Crippen LogP contribution >= 0.6 is 0 Å². The van der Waals surface area contributed by atoms with E-state index in [1.807, 2.05) is 0 Å². The largest absolute Gasteiger partial charge is 0.478 e. The third kappa shape index (κ3) is 3.16. The van der Waals surface area contributed by atoms with E-state index < -0.39 is 33.1 Å². The molecular formula is C12H12N2O6. The van der Waals surface area contributed by atoms with Crippen LogP contribution in [0, 0.1) is 20.2 Å². The summed E-state index contributed by atoms with van der Waals surface area (Å²) in [7, 11) is 0. The minimum atomic E-state index is -1.24. The quantitative estimate of drug-likeness (QED) is 0.485. The lowest BCUT2D eigenvalue weighted by atomic mass is 9.89. The van der Waals surface area contributed by atoms with Crippen LogP contribution in [-0.2, 0) is 4.79 Å². The predicted octanol–water partition coefficient (Wildman–Crippen LogP) is 2.64. The number of hydrogen-bond donors (Lipinski definition) is 1. The van der Waals surface area contributed by atoms with Gasteiger partial charge in [0.2, 0.25) is 0 Å². The molecular weight excluding hydrogens is 268 g/mol. The van der Waals surface area contributed by atoms with Crippen molar-refractivity contribution in [1.29, 1.82) is 0 Å². The number of nitro benzene ring substituents is 2. The molecule has 0 fully saturated rings.